The number of hydrogen-bond donors (Lipinski definition) is 4. The van der Waals surface area contributed by atoms with Gasteiger partial charge in [-0.05, 0) is 59.7 Å². The fourth-order valence-corrected chi connectivity index (χ4v) is 6.18. The van der Waals surface area contributed by atoms with E-state index >= 15 is 0 Å². The first-order chi connectivity index (χ1) is 25.9. The standard InChI is InChI=1S/C34H30N10O8S2.2Na/c1-51-33-41-29(35-23-9-5-3-6-10-23)39-31(43-33)37-25-17-15-21(27(19-25)53(45,46)47)13-14-22-16-18-26(20-28(22)54(48,49)50)38-32-40-30(42-34(44-32)52-2)36-24-11-7-4-8-12-24;;/h3-20H,1-2H3,(H,45,46,47)(H,48,49,50)(H2,35,37,39,41,43)(H2,36,38,40,42,44);;/q;2*+1/p-2/b14-13+;;. The van der Waals surface area contributed by atoms with Crippen molar-refractivity contribution in [1.29, 1.82) is 0 Å². The monoisotopic (exact) mass is 814 g/mol. The zero-order chi connectivity index (χ0) is 38.3. The molecule has 6 rings (SSSR count). The summed E-state index contributed by atoms with van der Waals surface area (Å²) < 4.78 is 84.6. The normalized spacial score (nSPS) is 11.1. The van der Waals surface area contributed by atoms with Crippen molar-refractivity contribution in [1.82, 2.24) is 29.9 Å². The topological polar surface area (TPSA) is 258 Å². The molecule has 0 unspecified atom stereocenters. The van der Waals surface area contributed by atoms with Crippen molar-refractivity contribution in [2.45, 2.75) is 9.79 Å². The van der Waals surface area contributed by atoms with E-state index in [4.69, 9.17) is 9.47 Å². The Balaban J connectivity index is 0.00000348. The van der Waals surface area contributed by atoms with Crippen molar-refractivity contribution in [2.24, 2.45) is 0 Å². The second-order valence-electron chi connectivity index (χ2n) is 10.9. The molecule has 0 aliphatic heterocycles. The first kappa shape index (κ1) is 44.0. The number of hydrogen-bond acceptors (Lipinski definition) is 18. The van der Waals surface area contributed by atoms with Gasteiger partial charge in [0.1, 0.15) is 20.2 Å². The van der Waals surface area contributed by atoms with Crippen LogP contribution in [0.3, 0.4) is 0 Å². The number of rotatable bonds is 14. The summed E-state index contributed by atoms with van der Waals surface area (Å²) in [6.07, 6.45) is 2.38. The first-order valence-corrected chi connectivity index (χ1v) is 18.3. The van der Waals surface area contributed by atoms with Crippen LogP contribution < -0.4 is 89.9 Å². The third kappa shape index (κ3) is 11.9. The average Bonchev–Trinajstić information content (AvgIpc) is 3.14. The van der Waals surface area contributed by atoms with Gasteiger partial charge in [-0.25, -0.2) is 16.8 Å². The summed E-state index contributed by atoms with van der Waals surface area (Å²) in [5, 5.41) is 11.7. The van der Waals surface area contributed by atoms with Crippen LogP contribution in [0.5, 0.6) is 12.0 Å². The van der Waals surface area contributed by atoms with Crippen molar-refractivity contribution in [3.05, 3.63) is 108 Å². The van der Waals surface area contributed by atoms with Crippen molar-refractivity contribution < 1.29 is 94.5 Å². The predicted octanol–water partition coefficient (Wildman–Crippen LogP) is -0.965. The van der Waals surface area contributed by atoms with Crippen LogP contribution in [0.4, 0.5) is 46.5 Å². The van der Waals surface area contributed by atoms with Crippen LogP contribution in [-0.4, -0.2) is 70.1 Å². The van der Waals surface area contributed by atoms with E-state index in [1.165, 1.54) is 50.6 Å². The van der Waals surface area contributed by atoms with Crippen LogP contribution in [0.25, 0.3) is 12.2 Å². The predicted molar refractivity (Wildman–Crippen MR) is 197 cm³/mol. The second-order valence-corrected chi connectivity index (χ2v) is 13.6. The number of anilines is 8. The van der Waals surface area contributed by atoms with E-state index in [0.29, 0.717) is 11.4 Å². The molecule has 0 amide bonds. The maximum absolute atomic E-state index is 12.4. The summed E-state index contributed by atoms with van der Waals surface area (Å²) >= 11 is 0. The molecule has 6 aromatic rings. The third-order valence-corrected chi connectivity index (χ3v) is 8.96. The van der Waals surface area contributed by atoms with Gasteiger partial charge in [-0.15, -0.1) is 0 Å². The Morgan fingerprint density at radius 1 is 0.482 bits per heavy atom. The Morgan fingerprint density at radius 2 is 0.804 bits per heavy atom. The molecule has 276 valence electrons. The number of para-hydroxylation sites is 2. The molecule has 4 N–H and O–H groups in total. The van der Waals surface area contributed by atoms with E-state index in [9.17, 15) is 25.9 Å². The number of aromatic nitrogens is 6. The molecule has 0 radical (unpaired) electrons. The van der Waals surface area contributed by atoms with Gasteiger partial charge in [0.25, 0.3) is 0 Å². The first-order valence-electron chi connectivity index (χ1n) is 15.5. The third-order valence-electron chi connectivity index (χ3n) is 7.18. The summed E-state index contributed by atoms with van der Waals surface area (Å²) in [5.41, 5.74) is 1.41. The molecule has 2 heterocycles. The van der Waals surface area contributed by atoms with Crippen LogP contribution in [0.2, 0.25) is 0 Å². The number of nitrogens with one attached hydrogen (secondary N) is 4. The molecule has 2 aromatic heterocycles. The summed E-state index contributed by atoms with van der Waals surface area (Å²) in [6.45, 7) is 0. The maximum Gasteiger partial charge on any atom is 1.00 e. The fraction of sp³-hybridized carbons (Fsp3) is 0.0588. The summed E-state index contributed by atoms with van der Waals surface area (Å²) in [7, 11) is -7.45. The van der Waals surface area contributed by atoms with Crippen LogP contribution >= 0.6 is 0 Å². The Hall–Kier alpha value is -4.74. The largest absolute Gasteiger partial charge is 1.00 e. The van der Waals surface area contributed by atoms with Crippen LogP contribution in [0.15, 0.2) is 107 Å². The Kier molecular flexibility index (Phi) is 15.2. The maximum atomic E-state index is 12.4. The van der Waals surface area contributed by atoms with Crippen molar-refractivity contribution >= 4 is 78.9 Å². The second kappa shape index (κ2) is 19.4. The summed E-state index contributed by atoms with van der Waals surface area (Å²) in [5.74, 6) is 0.178. The molecule has 0 saturated carbocycles. The van der Waals surface area contributed by atoms with Crippen molar-refractivity contribution in [3.63, 3.8) is 0 Å². The zero-order valence-electron chi connectivity index (χ0n) is 30.2. The molecule has 0 aliphatic carbocycles. The SMILES string of the molecule is COc1nc(Nc2ccccc2)nc(Nc2ccc(/C=C/c3ccc(Nc4nc(Nc5ccccc5)nc(OC)n4)cc3S(=O)(=O)[O-])c(S(=O)(=O)[O-])c2)n1.[Na+].[Na+]. The molecule has 0 bridgehead atoms. The minimum Gasteiger partial charge on any atom is -0.744 e. The van der Waals surface area contributed by atoms with Crippen molar-refractivity contribution in [3.8, 4) is 12.0 Å². The summed E-state index contributed by atoms with van der Waals surface area (Å²) in [6, 6.07) is 25.6. The minimum atomic E-state index is -5.08. The smallest absolute Gasteiger partial charge is 0.744 e. The fourth-order valence-electron chi connectivity index (χ4n) is 4.79. The van der Waals surface area contributed by atoms with Crippen LogP contribution in [0, 0.1) is 0 Å². The molecular weight excluding hydrogens is 787 g/mol. The van der Waals surface area contributed by atoms with E-state index in [-0.39, 0.29) is 117 Å². The number of nitrogens with zero attached hydrogens (tertiary/aromatic N) is 6. The number of benzene rings is 4. The molecule has 4 aromatic carbocycles. The van der Waals surface area contributed by atoms with Crippen LogP contribution in [0.1, 0.15) is 11.1 Å². The molecule has 56 heavy (non-hydrogen) atoms. The number of ether oxygens (including phenoxy) is 2. The Bertz CT molecular complexity index is 2380. The molecule has 0 atom stereocenters. The summed E-state index contributed by atoms with van der Waals surface area (Å²) in [4.78, 5) is 23.8. The van der Waals surface area contributed by atoms with Crippen molar-refractivity contribution in [2.75, 3.05) is 35.5 Å². The van der Waals surface area contributed by atoms with E-state index in [2.05, 4.69) is 51.2 Å². The van der Waals surface area contributed by atoms with Gasteiger partial charge in [-0.3, -0.25) is 0 Å². The molecule has 0 aliphatic rings. The van der Waals surface area contributed by atoms with E-state index in [1.54, 1.807) is 24.3 Å². The quantitative estimate of drug-likeness (QED) is 0.0586. The van der Waals surface area contributed by atoms with Gasteiger partial charge >= 0.3 is 71.1 Å². The Labute approximate surface area is 365 Å². The molecule has 0 fully saturated rings. The van der Waals surface area contributed by atoms with Gasteiger partial charge in [-0.1, -0.05) is 60.7 Å². The molecule has 18 nitrogen and oxygen atoms in total. The molecule has 0 saturated heterocycles. The van der Waals surface area contributed by atoms with Gasteiger partial charge in [-0.2, -0.15) is 29.9 Å². The van der Waals surface area contributed by atoms with Gasteiger partial charge in [0.2, 0.25) is 23.8 Å². The minimum absolute atomic E-state index is 0. The zero-order valence-corrected chi connectivity index (χ0v) is 35.8. The van der Waals surface area contributed by atoms with Gasteiger partial charge in [0, 0.05) is 22.7 Å². The Morgan fingerprint density at radius 3 is 1.11 bits per heavy atom. The van der Waals surface area contributed by atoms with E-state index < -0.39 is 30.0 Å². The van der Waals surface area contributed by atoms with Gasteiger partial charge in [0.05, 0.1) is 24.0 Å². The van der Waals surface area contributed by atoms with E-state index in [0.717, 1.165) is 12.1 Å². The van der Waals surface area contributed by atoms with Gasteiger partial charge in [0.15, 0.2) is 0 Å². The molecular formula is C34H28N10Na2O8S2. The number of methoxy groups -OCH3 is 2. The van der Waals surface area contributed by atoms with Crippen LogP contribution in [-0.2, 0) is 20.2 Å². The van der Waals surface area contributed by atoms with E-state index in [1.807, 2.05) is 36.4 Å². The van der Waals surface area contributed by atoms with Gasteiger partial charge < -0.3 is 39.8 Å². The average molecular weight is 815 g/mol. The molecule has 22 heteroatoms. The molecule has 0 spiro atoms.